The highest BCUT2D eigenvalue weighted by Crippen LogP contribution is 2.17. The second-order valence-corrected chi connectivity index (χ2v) is 3.68. The molecule has 0 saturated heterocycles. The van der Waals surface area contributed by atoms with E-state index >= 15 is 0 Å². The third-order valence-electron chi connectivity index (χ3n) is 1.82. The first-order valence-corrected chi connectivity index (χ1v) is 5.39. The van der Waals surface area contributed by atoms with Gasteiger partial charge in [-0.15, -0.1) is 0 Å². The fourth-order valence-corrected chi connectivity index (χ4v) is 1.69. The van der Waals surface area contributed by atoms with Crippen LogP contribution in [-0.2, 0) is 11.3 Å². The number of aromatic nitrogens is 3. The zero-order valence-corrected chi connectivity index (χ0v) is 9.89. The lowest BCUT2D eigenvalue weighted by molar-refractivity contribution is -0.685. The molecule has 0 unspecified atom stereocenters. The number of rotatable bonds is 3. The Kier molecular flexibility index (Phi) is 5.15. The molecule has 0 atom stereocenters. The van der Waals surface area contributed by atoms with Crippen molar-refractivity contribution < 1.29 is 18.9 Å². The summed E-state index contributed by atoms with van der Waals surface area (Å²) in [4.78, 5) is 14.5. The van der Waals surface area contributed by atoms with Crippen LogP contribution in [0.3, 0.4) is 0 Å². The number of alkyl halides is 1. The Hall–Kier alpha value is -1.89. The molecule has 0 aromatic carbocycles. The van der Waals surface area contributed by atoms with Crippen LogP contribution in [0.1, 0.15) is 0 Å². The van der Waals surface area contributed by atoms with Crippen molar-refractivity contribution in [1.82, 2.24) is 9.36 Å². The summed E-state index contributed by atoms with van der Waals surface area (Å²) in [6, 6.07) is 3.65. The molecule has 2 aromatic heterocycles. The SMILES string of the molecule is CF.O=C(O)C[n+]1ccc(-c2ncns2)cc1. The molecule has 7 heteroatoms. The molecule has 0 spiro atoms. The van der Waals surface area contributed by atoms with E-state index in [1.165, 1.54) is 17.9 Å². The largest absolute Gasteiger partial charge is 0.477 e. The summed E-state index contributed by atoms with van der Waals surface area (Å²) in [5.41, 5.74) is 0.944. The number of carboxylic acids is 1. The van der Waals surface area contributed by atoms with Gasteiger partial charge in [0, 0.05) is 17.7 Å². The molecule has 2 aromatic rings. The van der Waals surface area contributed by atoms with Crippen molar-refractivity contribution in [2.24, 2.45) is 0 Å². The Bertz CT molecular complexity index is 459. The van der Waals surface area contributed by atoms with Gasteiger partial charge in [0.25, 0.3) is 0 Å². The van der Waals surface area contributed by atoms with Crippen LogP contribution < -0.4 is 4.57 Å². The van der Waals surface area contributed by atoms with E-state index in [1.807, 2.05) is 12.1 Å². The molecule has 2 heterocycles. The number of halogens is 1. The molecule has 2 rings (SSSR count). The molecule has 0 amide bonds. The van der Waals surface area contributed by atoms with Gasteiger partial charge in [0.1, 0.15) is 11.3 Å². The van der Waals surface area contributed by atoms with E-state index < -0.39 is 5.97 Å². The highest BCUT2D eigenvalue weighted by atomic mass is 32.1. The molecule has 0 saturated carbocycles. The van der Waals surface area contributed by atoms with Crippen molar-refractivity contribution in [3.63, 3.8) is 0 Å². The van der Waals surface area contributed by atoms with Gasteiger partial charge in [-0.3, -0.25) is 4.39 Å². The lowest BCUT2D eigenvalue weighted by Crippen LogP contribution is -2.36. The number of carbonyl (C=O) groups is 1. The fourth-order valence-electron chi connectivity index (χ4n) is 1.16. The maximum absolute atomic E-state index is 10.4. The Morgan fingerprint density at radius 1 is 1.47 bits per heavy atom. The van der Waals surface area contributed by atoms with Crippen LogP contribution in [0.25, 0.3) is 10.6 Å². The number of pyridine rings is 1. The first-order chi connectivity index (χ1) is 8.25. The number of hydrogen-bond donors (Lipinski definition) is 1. The lowest BCUT2D eigenvalue weighted by Gasteiger charge is -1.94. The monoisotopic (exact) mass is 256 g/mol. The summed E-state index contributed by atoms with van der Waals surface area (Å²) in [7, 11) is 0.500. The van der Waals surface area contributed by atoms with Gasteiger partial charge in [-0.05, 0) is 11.5 Å². The minimum atomic E-state index is -0.858. The Morgan fingerprint density at radius 2 is 2.12 bits per heavy atom. The summed E-state index contributed by atoms with van der Waals surface area (Å²) >= 11 is 1.31. The van der Waals surface area contributed by atoms with E-state index in [0.717, 1.165) is 10.6 Å². The van der Waals surface area contributed by atoms with E-state index in [0.29, 0.717) is 7.18 Å². The molecular weight excluding hydrogens is 245 g/mol. The molecule has 90 valence electrons. The predicted molar refractivity (Wildman–Crippen MR) is 60.2 cm³/mol. The van der Waals surface area contributed by atoms with Gasteiger partial charge in [0.2, 0.25) is 6.54 Å². The molecular formula is C10H11FN3O2S+. The zero-order chi connectivity index (χ0) is 12.7. The predicted octanol–water partition coefficient (Wildman–Crippen LogP) is 1.16. The van der Waals surface area contributed by atoms with Crippen LogP contribution >= 0.6 is 11.5 Å². The smallest absolute Gasteiger partial charge is 0.370 e. The van der Waals surface area contributed by atoms with Crippen LogP contribution in [0.5, 0.6) is 0 Å². The highest BCUT2D eigenvalue weighted by Gasteiger charge is 2.08. The summed E-state index contributed by atoms with van der Waals surface area (Å²) < 4.78 is 15.0. The van der Waals surface area contributed by atoms with Crippen LogP contribution in [0.2, 0.25) is 0 Å². The molecule has 0 fully saturated rings. The van der Waals surface area contributed by atoms with Crippen molar-refractivity contribution in [1.29, 1.82) is 0 Å². The molecule has 0 aliphatic carbocycles. The van der Waals surface area contributed by atoms with Crippen molar-refractivity contribution in [2.45, 2.75) is 6.54 Å². The van der Waals surface area contributed by atoms with E-state index in [2.05, 4.69) is 9.36 Å². The first-order valence-electron chi connectivity index (χ1n) is 4.61. The summed E-state index contributed by atoms with van der Waals surface area (Å²) in [6.07, 6.45) is 4.92. The second kappa shape index (κ2) is 6.64. The minimum Gasteiger partial charge on any atom is -0.477 e. The zero-order valence-electron chi connectivity index (χ0n) is 9.08. The quantitative estimate of drug-likeness (QED) is 0.837. The second-order valence-electron chi connectivity index (χ2n) is 2.90. The summed E-state index contributed by atoms with van der Waals surface area (Å²) in [5, 5.41) is 9.41. The maximum Gasteiger partial charge on any atom is 0.370 e. The third-order valence-corrected chi connectivity index (χ3v) is 2.53. The van der Waals surface area contributed by atoms with Gasteiger partial charge in [-0.25, -0.2) is 9.78 Å². The average molecular weight is 256 g/mol. The van der Waals surface area contributed by atoms with Crippen molar-refractivity contribution in [3.8, 4) is 10.6 Å². The van der Waals surface area contributed by atoms with Gasteiger partial charge in [-0.1, -0.05) is 0 Å². The van der Waals surface area contributed by atoms with Crippen molar-refractivity contribution in [3.05, 3.63) is 30.9 Å². The normalized spacial score (nSPS) is 9.29. The van der Waals surface area contributed by atoms with Crippen LogP contribution in [0.15, 0.2) is 30.9 Å². The molecule has 0 bridgehead atoms. The summed E-state index contributed by atoms with van der Waals surface area (Å²) in [5.74, 6) is -0.858. The molecule has 17 heavy (non-hydrogen) atoms. The Balaban J connectivity index is 0.000000686. The number of aliphatic carboxylic acids is 1. The summed E-state index contributed by atoms with van der Waals surface area (Å²) in [6.45, 7) is -0.0314. The van der Waals surface area contributed by atoms with Gasteiger partial charge >= 0.3 is 5.97 Å². The van der Waals surface area contributed by atoms with Crippen molar-refractivity contribution in [2.75, 3.05) is 7.18 Å². The number of hydrogen-bond acceptors (Lipinski definition) is 4. The van der Waals surface area contributed by atoms with Gasteiger partial charge in [0.15, 0.2) is 12.4 Å². The maximum atomic E-state index is 10.4. The number of nitrogens with zero attached hydrogens (tertiary/aromatic N) is 3. The topological polar surface area (TPSA) is 67.0 Å². The third kappa shape index (κ3) is 3.87. The molecule has 1 N–H and O–H groups in total. The average Bonchev–Trinajstić information content (AvgIpc) is 2.85. The van der Waals surface area contributed by atoms with E-state index in [4.69, 9.17) is 5.11 Å². The molecule has 5 nitrogen and oxygen atoms in total. The van der Waals surface area contributed by atoms with Crippen LogP contribution in [0, 0.1) is 0 Å². The van der Waals surface area contributed by atoms with E-state index in [1.54, 1.807) is 17.0 Å². The molecule has 0 aliphatic rings. The molecule has 0 radical (unpaired) electrons. The van der Waals surface area contributed by atoms with Gasteiger partial charge in [0.05, 0.1) is 7.18 Å². The van der Waals surface area contributed by atoms with E-state index in [-0.39, 0.29) is 6.54 Å². The Labute approximate surface area is 101 Å². The first kappa shape index (κ1) is 13.2. The minimum absolute atomic E-state index is 0.0314. The van der Waals surface area contributed by atoms with Gasteiger partial charge in [-0.2, -0.15) is 8.94 Å². The van der Waals surface area contributed by atoms with E-state index in [9.17, 15) is 9.18 Å². The van der Waals surface area contributed by atoms with Crippen LogP contribution in [-0.4, -0.2) is 27.6 Å². The number of carboxylic acid groups (broad SMARTS) is 1. The Morgan fingerprint density at radius 3 is 2.59 bits per heavy atom. The fraction of sp³-hybridized carbons (Fsp3) is 0.200. The van der Waals surface area contributed by atoms with Gasteiger partial charge < -0.3 is 5.11 Å². The highest BCUT2D eigenvalue weighted by molar-refractivity contribution is 7.09. The van der Waals surface area contributed by atoms with Crippen molar-refractivity contribution >= 4 is 17.5 Å². The standard InChI is InChI=1S/C9H7N3O2S.CH3F/c13-8(14)5-12-3-1-7(2-4-12)9-10-6-11-15-9;1-2/h1-4,6H,5H2;1H3/p+1. The lowest BCUT2D eigenvalue weighted by atomic mass is 10.3. The molecule has 0 aliphatic heterocycles. The van der Waals surface area contributed by atoms with Crippen LogP contribution in [0.4, 0.5) is 4.39 Å².